The van der Waals surface area contributed by atoms with Crippen molar-refractivity contribution in [1.29, 1.82) is 0 Å². The molecule has 0 aliphatic carbocycles. The van der Waals surface area contributed by atoms with E-state index in [1.807, 2.05) is 18.3 Å². The van der Waals surface area contributed by atoms with Crippen LogP contribution in [0.4, 0.5) is 0 Å². The van der Waals surface area contributed by atoms with Crippen LogP contribution in [0.5, 0.6) is 17.4 Å². The molecule has 5 nitrogen and oxygen atoms in total. The zero-order chi connectivity index (χ0) is 17.7. The predicted octanol–water partition coefficient (Wildman–Crippen LogP) is 4.15. The number of fused-ring (bicyclic) bond motifs is 2. The number of nitrogens with zero attached hydrogens (tertiary/aromatic N) is 2. The molecule has 4 aromatic rings. The molecular formula is C20H20N2O3. The molecule has 0 aliphatic heterocycles. The van der Waals surface area contributed by atoms with Gasteiger partial charge < -0.3 is 19.1 Å². The number of aryl methyl sites for hydroxylation is 2. The fraction of sp³-hybridized carbons (Fsp3) is 0.200. The highest BCUT2D eigenvalue weighted by Gasteiger charge is 2.15. The summed E-state index contributed by atoms with van der Waals surface area (Å²) < 4.78 is 14.6. The van der Waals surface area contributed by atoms with Crippen LogP contribution in [0.1, 0.15) is 5.69 Å². The highest BCUT2D eigenvalue weighted by Crippen LogP contribution is 2.38. The third-order valence-corrected chi connectivity index (χ3v) is 4.84. The van der Waals surface area contributed by atoms with Gasteiger partial charge in [-0.2, -0.15) is 0 Å². The zero-order valence-corrected chi connectivity index (χ0v) is 14.7. The first-order chi connectivity index (χ1) is 12.0. The van der Waals surface area contributed by atoms with Crippen molar-refractivity contribution in [2.24, 2.45) is 7.05 Å². The van der Waals surface area contributed by atoms with E-state index in [-0.39, 0.29) is 5.88 Å². The summed E-state index contributed by atoms with van der Waals surface area (Å²) in [6, 6.07) is 12.0. The largest absolute Gasteiger partial charge is 0.494 e. The minimum atomic E-state index is 0.183. The summed E-state index contributed by atoms with van der Waals surface area (Å²) in [5.41, 5.74) is 3.27. The summed E-state index contributed by atoms with van der Waals surface area (Å²) in [6.45, 7) is 2.08. The Morgan fingerprint density at radius 2 is 1.64 bits per heavy atom. The molecule has 25 heavy (non-hydrogen) atoms. The van der Waals surface area contributed by atoms with Gasteiger partial charge in [0.05, 0.1) is 14.2 Å². The smallest absolute Gasteiger partial charge is 0.203 e. The van der Waals surface area contributed by atoms with Crippen LogP contribution >= 0.6 is 0 Å². The number of benzene rings is 2. The molecule has 2 aromatic heterocycles. The van der Waals surface area contributed by atoms with Crippen molar-refractivity contribution in [3.63, 3.8) is 0 Å². The molecule has 4 rings (SSSR count). The molecule has 1 N–H and O–H groups in total. The summed E-state index contributed by atoms with van der Waals surface area (Å²) in [6.07, 6.45) is 1.91. The van der Waals surface area contributed by atoms with Gasteiger partial charge in [0.15, 0.2) is 11.5 Å². The molecule has 128 valence electrons. The fourth-order valence-corrected chi connectivity index (χ4v) is 3.35. The average Bonchev–Trinajstić information content (AvgIpc) is 3.10. The Labute approximate surface area is 145 Å². The van der Waals surface area contributed by atoms with Crippen LogP contribution < -0.4 is 9.47 Å². The van der Waals surface area contributed by atoms with E-state index in [1.54, 1.807) is 24.9 Å². The molecular weight excluding hydrogens is 316 g/mol. The third kappa shape index (κ3) is 2.23. The monoisotopic (exact) mass is 336 g/mol. The first-order valence-electron chi connectivity index (χ1n) is 8.06. The summed E-state index contributed by atoms with van der Waals surface area (Å²) >= 11 is 0. The maximum absolute atomic E-state index is 10.7. The molecule has 0 radical (unpaired) electrons. The Kier molecular flexibility index (Phi) is 3.39. The molecule has 2 aromatic carbocycles. The maximum atomic E-state index is 10.7. The van der Waals surface area contributed by atoms with Gasteiger partial charge in [-0.05, 0) is 43.3 Å². The molecule has 0 fully saturated rings. The van der Waals surface area contributed by atoms with Crippen molar-refractivity contribution in [1.82, 2.24) is 9.13 Å². The van der Waals surface area contributed by atoms with E-state index in [1.165, 1.54) is 11.2 Å². The Morgan fingerprint density at radius 3 is 2.36 bits per heavy atom. The molecule has 0 unspecified atom stereocenters. The third-order valence-electron chi connectivity index (χ3n) is 4.84. The van der Waals surface area contributed by atoms with E-state index in [4.69, 9.17) is 9.47 Å². The Balaban J connectivity index is 1.93. The van der Waals surface area contributed by atoms with Crippen LogP contribution in [-0.4, -0.2) is 28.5 Å². The van der Waals surface area contributed by atoms with Gasteiger partial charge in [0.1, 0.15) is 0 Å². The number of rotatable bonds is 3. The summed E-state index contributed by atoms with van der Waals surface area (Å²) in [5, 5.41) is 13.5. The van der Waals surface area contributed by atoms with Gasteiger partial charge >= 0.3 is 0 Å². The van der Waals surface area contributed by atoms with E-state index >= 15 is 0 Å². The maximum Gasteiger partial charge on any atom is 0.203 e. The van der Waals surface area contributed by atoms with Gasteiger partial charge in [0, 0.05) is 46.3 Å². The van der Waals surface area contributed by atoms with Crippen molar-refractivity contribution >= 4 is 21.7 Å². The summed E-state index contributed by atoms with van der Waals surface area (Å²) in [7, 11) is 5.24. The lowest BCUT2D eigenvalue weighted by atomic mass is 10.2. The van der Waals surface area contributed by atoms with Gasteiger partial charge in [0.25, 0.3) is 0 Å². The van der Waals surface area contributed by atoms with Crippen LogP contribution in [0, 0.1) is 6.92 Å². The molecule has 0 amide bonds. The first-order valence-corrected chi connectivity index (χ1v) is 8.06. The van der Waals surface area contributed by atoms with Crippen molar-refractivity contribution < 1.29 is 14.6 Å². The predicted molar refractivity (Wildman–Crippen MR) is 99.3 cm³/mol. The standard InChI is InChI=1S/C20H20N2O3/c1-12-7-13-8-15(5-6-17(13)21(12)2)22-11-14-9-18(24-3)19(25-4)10-16(14)20(22)23/h5-11,23H,1-4H3. The minimum absolute atomic E-state index is 0.183. The van der Waals surface area contributed by atoms with E-state index in [9.17, 15) is 5.11 Å². The lowest BCUT2D eigenvalue weighted by molar-refractivity contribution is 0.355. The number of ether oxygens (including phenoxy) is 2. The lowest BCUT2D eigenvalue weighted by Gasteiger charge is -2.07. The van der Waals surface area contributed by atoms with E-state index < -0.39 is 0 Å². The van der Waals surface area contributed by atoms with Crippen LogP contribution in [0.2, 0.25) is 0 Å². The van der Waals surface area contributed by atoms with Gasteiger partial charge in [-0.25, -0.2) is 0 Å². The number of hydrogen-bond donors (Lipinski definition) is 1. The summed E-state index contributed by atoms with van der Waals surface area (Å²) in [5.74, 6) is 1.42. The minimum Gasteiger partial charge on any atom is -0.494 e. The van der Waals surface area contributed by atoms with Gasteiger partial charge in [-0.15, -0.1) is 0 Å². The molecule has 0 saturated heterocycles. The highest BCUT2D eigenvalue weighted by molar-refractivity contribution is 5.92. The van der Waals surface area contributed by atoms with Gasteiger partial charge in [-0.1, -0.05) is 0 Å². The van der Waals surface area contributed by atoms with E-state index in [0.717, 1.165) is 21.8 Å². The van der Waals surface area contributed by atoms with Gasteiger partial charge in [-0.3, -0.25) is 4.57 Å². The number of aromatic hydroxyl groups is 1. The van der Waals surface area contributed by atoms with Crippen LogP contribution in [0.25, 0.3) is 27.4 Å². The highest BCUT2D eigenvalue weighted by atomic mass is 16.5. The molecule has 0 bridgehead atoms. The van der Waals surface area contributed by atoms with Crippen LogP contribution in [-0.2, 0) is 7.05 Å². The Morgan fingerprint density at radius 1 is 0.920 bits per heavy atom. The molecule has 0 spiro atoms. The van der Waals surface area contributed by atoms with E-state index in [2.05, 4.69) is 36.7 Å². The van der Waals surface area contributed by atoms with Crippen LogP contribution in [0.3, 0.4) is 0 Å². The Bertz CT molecular complexity index is 1110. The molecule has 0 aliphatic rings. The second kappa shape index (κ2) is 5.48. The molecule has 0 atom stereocenters. The number of aromatic nitrogens is 2. The van der Waals surface area contributed by atoms with Gasteiger partial charge in [0.2, 0.25) is 5.88 Å². The summed E-state index contributed by atoms with van der Waals surface area (Å²) in [4.78, 5) is 0. The van der Waals surface area contributed by atoms with Crippen molar-refractivity contribution in [3.05, 3.63) is 48.3 Å². The van der Waals surface area contributed by atoms with Crippen LogP contribution in [0.15, 0.2) is 42.6 Å². The first kappa shape index (κ1) is 15.4. The SMILES string of the molecule is COc1cc2cn(-c3ccc4c(c3)cc(C)n4C)c(O)c2cc1OC. The average molecular weight is 336 g/mol. The van der Waals surface area contributed by atoms with Crippen molar-refractivity contribution in [2.45, 2.75) is 6.92 Å². The van der Waals surface area contributed by atoms with E-state index in [0.29, 0.717) is 11.5 Å². The zero-order valence-electron chi connectivity index (χ0n) is 14.7. The molecule has 5 heteroatoms. The second-order valence-electron chi connectivity index (χ2n) is 6.21. The number of methoxy groups -OCH3 is 2. The lowest BCUT2D eigenvalue weighted by Crippen LogP contribution is -1.92. The molecule has 0 saturated carbocycles. The second-order valence-corrected chi connectivity index (χ2v) is 6.21. The topological polar surface area (TPSA) is 48.5 Å². The number of hydrogen-bond acceptors (Lipinski definition) is 3. The van der Waals surface area contributed by atoms with Crippen molar-refractivity contribution in [3.8, 4) is 23.1 Å². The molecule has 2 heterocycles. The normalized spacial score (nSPS) is 11.4. The Hall–Kier alpha value is -3.08. The quantitative estimate of drug-likeness (QED) is 0.611. The fourth-order valence-electron chi connectivity index (χ4n) is 3.35. The van der Waals surface area contributed by atoms with Crippen molar-refractivity contribution in [2.75, 3.05) is 14.2 Å².